The van der Waals surface area contributed by atoms with Crippen molar-refractivity contribution < 1.29 is 9.53 Å². The lowest BCUT2D eigenvalue weighted by molar-refractivity contribution is -0.136. The minimum atomic E-state index is 0.137. The van der Waals surface area contributed by atoms with Crippen molar-refractivity contribution in [2.75, 3.05) is 19.7 Å². The van der Waals surface area contributed by atoms with E-state index in [1.807, 2.05) is 18.7 Å². The molecule has 1 saturated heterocycles. The zero-order valence-corrected chi connectivity index (χ0v) is 10.3. The Morgan fingerprint density at radius 2 is 2.07 bits per heavy atom. The molecule has 0 aromatic carbocycles. The standard InChI is InChI=1S/C12H23NO2/c1-9(2)11-5-6-13(7-11)12(14)8-15-10(3)4/h9-11H,5-8H2,1-4H3. The average Bonchev–Trinajstić information content (AvgIpc) is 2.62. The van der Waals surface area contributed by atoms with Crippen LogP contribution in [-0.2, 0) is 9.53 Å². The van der Waals surface area contributed by atoms with Gasteiger partial charge in [0.05, 0.1) is 6.10 Å². The van der Waals surface area contributed by atoms with Gasteiger partial charge < -0.3 is 9.64 Å². The Labute approximate surface area is 92.8 Å². The van der Waals surface area contributed by atoms with Crippen molar-refractivity contribution in [2.24, 2.45) is 11.8 Å². The number of likely N-dealkylation sites (tertiary alicyclic amines) is 1. The summed E-state index contributed by atoms with van der Waals surface area (Å²) < 4.78 is 5.32. The molecule has 1 heterocycles. The molecule has 1 aliphatic heterocycles. The minimum Gasteiger partial charge on any atom is -0.369 e. The normalized spacial score (nSPS) is 21.7. The molecule has 3 nitrogen and oxygen atoms in total. The predicted octanol–water partition coefficient (Wildman–Crippen LogP) is 1.92. The van der Waals surface area contributed by atoms with Gasteiger partial charge in [0, 0.05) is 13.1 Å². The second-order valence-electron chi connectivity index (χ2n) is 4.99. The summed E-state index contributed by atoms with van der Waals surface area (Å²) in [4.78, 5) is 13.7. The largest absolute Gasteiger partial charge is 0.369 e. The molecular weight excluding hydrogens is 190 g/mol. The number of nitrogens with zero attached hydrogens (tertiary/aromatic N) is 1. The second-order valence-corrected chi connectivity index (χ2v) is 4.99. The lowest BCUT2D eigenvalue weighted by atomic mass is 9.95. The molecule has 0 aromatic heterocycles. The monoisotopic (exact) mass is 213 g/mol. The van der Waals surface area contributed by atoms with E-state index in [1.54, 1.807) is 0 Å². The van der Waals surface area contributed by atoms with E-state index in [-0.39, 0.29) is 18.6 Å². The summed E-state index contributed by atoms with van der Waals surface area (Å²) >= 11 is 0. The van der Waals surface area contributed by atoms with Crippen LogP contribution in [0.15, 0.2) is 0 Å². The van der Waals surface area contributed by atoms with Gasteiger partial charge in [0.25, 0.3) is 0 Å². The lowest BCUT2D eigenvalue weighted by Gasteiger charge is -2.18. The molecule has 0 N–H and O–H groups in total. The SMILES string of the molecule is CC(C)OCC(=O)N1CCC(C(C)C)C1. The molecule has 1 unspecified atom stereocenters. The van der Waals surface area contributed by atoms with Gasteiger partial charge in [-0.25, -0.2) is 0 Å². The molecule has 15 heavy (non-hydrogen) atoms. The van der Waals surface area contributed by atoms with Crippen molar-refractivity contribution in [2.45, 2.75) is 40.2 Å². The molecule has 0 bridgehead atoms. The van der Waals surface area contributed by atoms with Crippen molar-refractivity contribution >= 4 is 5.91 Å². The lowest BCUT2D eigenvalue weighted by Crippen LogP contribution is -2.33. The van der Waals surface area contributed by atoms with Crippen LogP contribution in [-0.4, -0.2) is 36.6 Å². The minimum absolute atomic E-state index is 0.137. The summed E-state index contributed by atoms with van der Waals surface area (Å²) in [5, 5.41) is 0. The number of carbonyl (C=O) groups excluding carboxylic acids is 1. The zero-order valence-electron chi connectivity index (χ0n) is 10.3. The maximum atomic E-state index is 11.7. The molecule has 0 radical (unpaired) electrons. The Morgan fingerprint density at radius 3 is 2.53 bits per heavy atom. The molecule has 0 aromatic rings. The quantitative estimate of drug-likeness (QED) is 0.714. The third kappa shape index (κ3) is 3.82. The highest BCUT2D eigenvalue weighted by molar-refractivity contribution is 5.77. The van der Waals surface area contributed by atoms with Crippen LogP contribution in [0.2, 0.25) is 0 Å². The van der Waals surface area contributed by atoms with Gasteiger partial charge in [-0.1, -0.05) is 13.8 Å². The number of rotatable bonds is 4. The van der Waals surface area contributed by atoms with Crippen LogP contribution in [0.3, 0.4) is 0 Å². The first-order chi connectivity index (χ1) is 7.00. The Hall–Kier alpha value is -0.570. The number of amides is 1. The van der Waals surface area contributed by atoms with Crippen LogP contribution in [0.25, 0.3) is 0 Å². The summed E-state index contributed by atoms with van der Waals surface area (Å²) in [6, 6.07) is 0. The van der Waals surface area contributed by atoms with E-state index in [0.717, 1.165) is 19.5 Å². The maximum Gasteiger partial charge on any atom is 0.248 e. The number of ether oxygens (including phenoxy) is 1. The van der Waals surface area contributed by atoms with Crippen molar-refractivity contribution in [1.82, 2.24) is 4.90 Å². The molecule has 88 valence electrons. The molecule has 1 rings (SSSR count). The van der Waals surface area contributed by atoms with Gasteiger partial charge in [-0.3, -0.25) is 4.79 Å². The smallest absolute Gasteiger partial charge is 0.248 e. The highest BCUT2D eigenvalue weighted by atomic mass is 16.5. The van der Waals surface area contributed by atoms with E-state index >= 15 is 0 Å². The Morgan fingerprint density at radius 1 is 1.40 bits per heavy atom. The van der Waals surface area contributed by atoms with Gasteiger partial charge in [-0.15, -0.1) is 0 Å². The molecule has 3 heteroatoms. The van der Waals surface area contributed by atoms with Crippen molar-refractivity contribution in [3.63, 3.8) is 0 Å². The summed E-state index contributed by atoms with van der Waals surface area (Å²) in [5.74, 6) is 1.49. The molecule has 1 fully saturated rings. The summed E-state index contributed by atoms with van der Waals surface area (Å²) in [6.07, 6.45) is 1.28. The first-order valence-electron chi connectivity index (χ1n) is 5.90. The van der Waals surface area contributed by atoms with E-state index in [4.69, 9.17) is 4.74 Å². The zero-order chi connectivity index (χ0) is 11.4. The fourth-order valence-corrected chi connectivity index (χ4v) is 1.89. The van der Waals surface area contributed by atoms with Gasteiger partial charge in [0.15, 0.2) is 0 Å². The van der Waals surface area contributed by atoms with E-state index in [9.17, 15) is 4.79 Å². The third-order valence-corrected chi connectivity index (χ3v) is 3.06. The topological polar surface area (TPSA) is 29.5 Å². The number of carbonyl (C=O) groups is 1. The Kier molecular flexibility index (Phi) is 4.58. The van der Waals surface area contributed by atoms with Gasteiger partial charge >= 0.3 is 0 Å². The third-order valence-electron chi connectivity index (χ3n) is 3.06. The van der Waals surface area contributed by atoms with Crippen LogP contribution in [0.5, 0.6) is 0 Å². The fraction of sp³-hybridized carbons (Fsp3) is 0.917. The van der Waals surface area contributed by atoms with Crippen LogP contribution >= 0.6 is 0 Å². The van der Waals surface area contributed by atoms with Gasteiger partial charge in [-0.05, 0) is 32.1 Å². The molecular formula is C12H23NO2. The predicted molar refractivity (Wildman–Crippen MR) is 60.6 cm³/mol. The Bertz CT molecular complexity index is 214. The van der Waals surface area contributed by atoms with Crippen LogP contribution < -0.4 is 0 Å². The van der Waals surface area contributed by atoms with Gasteiger partial charge in [0.2, 0.25) is 5.91 Å². The number of hydrogen-bond acceptors (Lipinski definition) is 2. The van der Waals surface area contributed by atoms with Crippen LogP contribution in [0.1, 0.15) is 34.1 Å². The van der Waals surface area contributed by atoms with Gasteiger partial charge in [-0.2, -0.15) is 0 Å². The van der Waals surface area contributed by atoms with Crippen LogP contribution in [0.4, 0.5) is 0 Å². The van der Waals surface area contributed by atoms with Crippen molar-refractivity contribution in [1.29, 1.82) is 0 Å². The highest BCUT2D eigenvalue weighted by Crippen LogP contribution is 2.23. The number of hydrogen-bond donors (Lipinski definition) is 0. The second kappa shape index (κ2) is 5.50. The molecule has 0 spiro atoms. The van der Waals surface area contributed by atoms with E-state index in [1.165, 1.54) is 0 Å². The molecule has 1 aliphatic rings. The van der Waals surface area contributed by atoms with Crippen molar-refractivity contribution in [3.8, 4) is 0 Å². The van der Waals surface area contributed by atoms with Gasteiger partial charge in [0.1, 0.15) is 6.61 Å². The van der Waals surface area contributed by atoms with E-state index in [2.05, 4.69) is 13.8 Å². The molecule has 0 saturated carbocycles. The molecule has 1 amide bonds. The summed E-state index contributed by atoms with van der Waals surface area (Å²) in [5.41, 5.74) is 0. The van der Waals surface area contributed by atoms with E-state index in [0.29, 0.717) is 11.8 Å². The maximum absolute atomic E-state index is 11.7. The van der Waals surface area contributed by atoms with Crippen molar-refractivity contribution in [3.05, 3.63) is 0 Å². The first-order valence-corrected chi connectivity index (χ1v) is 5.90. The summed E-state index contributed by atoms with van der Waals surface area (Å²) in [7, 11) is 0. The Balaban J connectivity index is 2.30. The molecule has 0 aliphatic carbocycles. The van der Waals surface area contributed by atoms with Crippen LogP contribution in [0, 0.1) is 11.8 Å². The average molecular weight is 213 g/mol. The summed E-state index contributed by atoms with van der Waals surface area (Å²) in [6.45, 7) is 10.4. The molecule has 1 atom stereocenters. The highest BCUT2D eigenvalue weighted by Gasteiger charge is 2.27. The fourth-order valence-electron chi connectivity index (χ4n) is 1.89. The van der Waals surface area contributed by atoms with E-state index < -0.39 is 0 Å². The first kappa shape index (κ1) is 12.5.